The first-order chi connectivity index (χ1) is 12.5. The number of benzene rings is 1. The average molecular weight is 381 g/mol. The predicted octanol–water partition coefficient (Wildman–Crippen LogP) is 3.20. The fourth-order valence-corrected chi connectivity index (χ4v) is 3.59. The van der Waals surface area contributed by atoms with Crippen LogP contribution in [0.3, 0.4) is 0 Å². The quantitative estimate of drug-likeness (QED) is 0.426. The Labute approximate surface area is 159 Å². The number of hydrogen-bond acceptors (Lipinski definition) is 5. The van der Waals surface area contributed by atoms with Crippen LogP contribution < -0.4 is 20.1 Å². The van der Waals surface area contributed by atoms with E-state index in [1.807, 2.05) is 0 Å². The van der Waals surface area contributed by atoms with Crippen LogP contribution in [0.5, 0.6) is 11.5 Å². The zero-order valence-electron chi connectivity index (χ0n) is 15.5. The lowest BCUT2D eigenvalue weighted by Gasteiger charge is -2.30. The molecule has 2 N–H and O–H groups in total. The molecule has 1 aromatic rings. The Kier molecular flexibility index (Phi) is 7.44. The van der Waals surface area contributed by atoms with Crippen LogP contribution in [-0.4, -0.2) is 36.8 Å². The summed E-state index contributed by atoms with van der Waals surface area (Å²) in [5.74, 6) is 1.43. The fraction of sp³-hybridized carbons (Fsp3) is 0.611. The van der Waals surface area contributed by atoms with E-state index in [2.05, 4.69) is 17.6 Å². The van der Waals surface area contributed by atoms with E-state index < -0.39 is 4.92 Å². The number of rotatable bonds is 7. The molecule has 0 heterocycles. The average Bonchev–Trinajstić information content (AvgIpc) is 2.62. The second-order valence-corrected chi connectivity index (χ2v) is 7.02. The summed E-state index contributed by atoms with van der Waals surface area (Å²) in [6, 6.07) is 3.45. The topological polar surface area (TPSA) is 85.7 Å². The van der Waals surface area contributed by atoms with E-state index in [1.54, 1.807) is 6.07 Å². The minimum atomic E-state index is -0.405. The van der Waals surface area contributed by atoms with Gasteiger partial charge in [0.05, 0.1) is 25.2 Å². The number of ether oxygens (including phenoxy) is 2. The Morgan fingerprint density at radius 1 is 1.27 bits per heavy atom. The fourth-order valence-electron chi connectivity index (χ4n) is 3.34. The maximum atomic E-state index is 11.3. The van der Waals surface area contributed by atoms with Crippen LogP contribution >= 0.6 is 12.2 Å². The second-order valence-electron chi connectivity index (χ2n) is 6.61. The molecule has 2 rings (SSSR count). The van der Waals surface area contributed by atoms with Crippen molar-refractivity contribution in [1.29, 1.82) is 0 Å². The van der Waals surface area contributed by atoms with Crippen LogP contribution in [0.1, 0.15) is 38.2 Å². The van der Waals surface area contributed by atoms with E-state index >= 15 is 0 Å². The van der Waals surface area contributed by atoms with Crippen molar-refractivity contribution in [3.05, 3.63) is 27.8 Å². The molecule has 1 saturated carbocycles. The first-order valence-electron chi connectivity index (χ1n) is 8.90. The highest BCUT2D eigenvalue weighted by atomic mass is 32.1. The van der Waals surface area contributed by atoms with Crippen LogP contribution in [0.2, 0.25) is 0 Å². The molecule has 0 spiro atoms. The smallest absolute Gasteiger partial charge is 0.276 e. The summed E-state index contributed by atoms with van der Waals surface area (Å²) in [6.45, 7) is 2.75. The molecule has 7 nitrogen and oxygen atoms in total. The van der Waals surface area contributed by atoms with Gasteiger partial charge in [-0.3, -0.25) is 10.1 Å². The van der Waals surface area contributed by atoms with E-state index in [-0.39, 0.29) is 5.69 Å². The molecule has 0 radical (unpaired) electrons. The van der Waals surface area contributed by atoms with Gasteiger partial charge < -0.3 is 20.1 Å². The molecule has 26 heavy (non-hydrogen) atoms. The van der Waals surface area contributed by atoms with Gasteiger partial charge in [0.15, 0.2) is 16.6 Å². The number of hydrogen-bond donors (Lipinski definition) is 2. The van der Waals surface area contributed by atoms with Crippen molar-refractivity contribution < 1.29 is 14.4 Å². The van der Waals surface area contributed by atoms with Gasteiger partial charge in [0, 0.05) is 18.2 Å². The molecular formula is C18H27N3O4S. The van der Waals surface area contributed by atoms with Gasteiger partial charge in [-0.15, -0.1) is 0 Å². The molecule has 0 saturated heterocycles. The van der Waals surface area contributed by atoms with Gasteiger partial charge >= 0.3 is 0 Å². The Bertz CT molecular complexity index is 654. The van der Waals surface area contributed by atoms with Gasteiger partial charge in [0.1, 0.15) is 0 Å². The highest BCUT2D eigenvalue weighted by Gasteiger charge is 2.22. The number of nitro benzene ring substituents is 1. The Morgan fingerprint density at radius 2 is 1.92 bits per heavy atom. The predicted molar refractivity (Wildman–Crippen MR) is 105 cm³/mol. The Morgan fingerprint density at radius 3 is 2.54 bits per heavy atom. The number of nitrogens with one attached hydrogen (secondary N) is 2. The normalized spacial score (nSPS) is 19.5. The largest absolute Gasteiger partial charge is 0.493 e. The standard InChI is InChI=1S/C18H27N3O4S/c1-12-6-4-5-7-14(12)20-18(26)19-9-8-13-10-16(24-2)17(25-3)11-15(13)21(22)23/h10-12,14H,4-9H2,1-3H3,(H2,19,20,26)/t12-,14-/m1/s1. The van der Waals surface area contributed by atoms with Crippen LogP contribution in [0.15, 0.2) is 12.1 Å². The van der Waals surface area contributed by atoms with E-state index in [0.717, 1.165) is 6.42 Å². The molecule has 1 aliphatic carbocycles. The van der Waals surface area contributed by atoms with Crippen LogP contribution in [0.4, 0.5) is 5.69 Å². The van der Waals surface area contributed by atoms with Crippen molar-refractivity contribution >= 4 is 23.0 Å². The minimum absolute atomic E-state index is 0.0178. The number of thiocarbonyl (C=S) groups is 1. The van der Waals surface area contributed by atoms with Gasteiger partial charge in [-0.2, -0.15) is 0 Å². The highest BCUT2D eigenvalue weighted by Crippen LogP contribution is 2.34. The zero-order chi connectivity index (χ0) is 19.1. The number of nitro groups is 1. The van der Waals surface area contributed by atoms with Crippen LogP contribution in [0, 0.1) is 16.0 Å². The lowest BCUT2D eigenvalue weighted by Crippen LogP contribution is -2.46. The van der Waals surface area contributed by atoms with Gasteiger partial charge in [0.25, 0.3) is 5.69 Å². The molecule has 0 bridgehead atoms. The highest BCUT2D eigenvalue weighted by molar-refractivity contribution is 7.80. The van der Waals surface area contributed by atoms with E-state index in [4.69, 9.17) is 21.7 Å². The van der Waals surface area contributed by atoms with Gasteiger partial charge in [-0.05, 0) is 43.5 Å². The number of methoxy groups -OCH3 is 2. The van der Waals surface area contributed by atoms with Crippen molar-refractivity contribution in [2.45, 2.75) is 45.1 Å². The number of nitrogens with zero attached hydrogens (tertiary/aromatic N) is 1. The monoisotopic (exact) mass is 381 g/mol. The Hall–Kier alpha value is -2.09. The molecule has 0 unspecified atom stereocenters. The van der Waals surface area contributed by atoms with Crippen molar-refractivity contribution in [3.63, 3.8) is 0 Å². The summed E-state index contributed by atoms with van der Waals surface area (Å²) >= 11 is 5.37. The zero-order valence-corrected chi connectivity index (χ0v) is 16.4. The molecule has 0 aliphatic heterocycles. The molecule has 1 fully saturated rings. The molecule has 8 heteroatoms. The lowest BCUT2D eigenvalue weighted by atomic mass is 9.86. The summed E-state index contributed by atoms with van der Waals surface area (Å²) in [7, 11) is 2.97. The molecular weight excluding hydrogens is 354 g/mol. The summed E-state index contributed by atoms with van der Waals surface area (Å²) < 4.78 is 10.4. The summed E-state index contributed by atoms with van der Waals surface area (Å²) in [6.07, 6.45) is 5.31. The van der Waals surface area contributed by atoms with E-state index in [9.17, 15) is 10.1 Å². The van der Waals surface area contributed by atoms with Gasteiger partial charge in [-0.25, -0.2) is 0 Å². The van der Waals surface area contributed by atoms with Crippen molar-refractivity contribution in [1.82, 2.24) is 10.6 Å². The maximum Gasteiger partial charge on any atom is 0.276 e. The Balaban J connectivity index is 1.95. The second kappa shape index (κ2) is 9.56. The molecule has 1 aromatic carbocycles. The van der Waals surface area contributed by atoms with E-state index in [1.165, 1.54) is 39.5 Å². The maximum absolute atomic E-state index is 11.3. The van der Waals surface area contributed by atoms with Crippen molar-refractivity contribution in [2.75, 3.05) is 20.8 Å². The summed E-state index contributed by atoms with van der Waals surface area (Å²) in [4.78, 5) is 10.9. The third-order valence-corrected chi connectivity index (χ3v) is 5.15. The molecule has 144 valence electrons. The van der Waals surface area contributed by atoms with Gasteiger partial charge in [-0.1, -0.05) is 19.8 Å². The van der Waals surface area contributed by atoms with Crippen molar-refractivity contribution in [3.8, 4) is 11.5 Å². The SMILES string of the molecule is COc1cc(CCNC(=S)N[C@@H]2CCCC[C@H]2C)c([N+](=O)[O-])cc1OC. The van der Waals surface area contributed by atoms with Crippen LogP contribution in [0.25, 0.3) is 0 Å². The first kappa shape index (κ1) is 20.2. The van der Waals surface area contributed by atoms with Crippen LogP contribution in [-0.2, 0) is 6.42 Å². The third-order valence-electron chi connectivity index (χ3n) is 4.89. The third kappa shape index (κ3) is 5.20. The molecule has 0 amide bonds. The van der Waals surface area contributed by atoms with E-state index in [0.29, 0.717) is 47.1 Å². The van der Waals surface area contributed by atoms with Crippen molar-refractivity contribution in [2.24, 2.45) is 5.92 Å². The summed E-state index contributed by atoms with van der Waals surface area (Å²) in [5, 5.41) is 18.5. The minimum Gasteiger partial charge on any atom is -0.493 e. The lowest BCUT2D eigenvalue weighted by molar-refractivity contribution is -0.385. The molecule has 1 aliphatic rings. The van der Waals surface area contributed by atoms with Gasteiger partial charge in [0.2, 0.25) is 0 Å². The summed E-state index contributed by atoms with van der Waals surface area (Å²) in [5.41, 5.74) is 0.596. The molecule has 0 aromatic heterocycles. The first-order valence-corrected chi connectivity index (χ1v) is 9.30. The molecule has 2 atom stereocenters.